The molecule has 0 heterocycles. The first-order valence-electron chi connectivity index (χ1n) is 6.50. The van der Waals surface area contributed by atoms with Gasteiger partial charge < -0.3 is 10.5 Å². The van der Waals surface area contributed by atoms with Gasteiger partial charge >= 0.3 is 5.97 Å². The number of carbonyl (C=O) groups is 1. The van der Waals surface area contributed by atoms with Gasteiger partial charge in [0.05, 0.1) is 13.0 Å². The first-order valence-corrected chi connectivity index (χ1v) is 6.50. The summed E-state index contributed by atoms with van der Waals surface area (Å²) in [7, 11) is 0. The number of hydrogen-bond donors (Lipinski definition) is 1. The van der Waals surface area contributed by atoms with Gasteiger partial charge in [-0.05, 0) is 25.2 Å². The van der Waals surface area contributed by atoms with Crippen LogP contribution in [-0.4, -0.2) is 18.1 Å². The van der Waals surface area contributed by atoms with Crippen molar-refractivity contribution in [3.05, 3.63) is 0 Å². The summed E-state index contributed by atoms with van der Waals surface area (Å²) in [6.45, 7) is 4.80. The van der Waals surface area contributed by atoms with Gasteiger partial charge in [0, 0.05) is 5.54 Å². The SMILES string of the molecule is CCCC(C)COC(=O)CC1(N)CCCC1. The molecule has 1 aliphatic rings. The smallest absolute Gasteiger partial charge is 0.307 e. The molecule has 1 fully saturated rings. The lowest BCUT2D eigenvalue weighted by atomic mass is 9.95. The quantitative estimate of drug-likeness (QED) is 0.710. The van der Waals surface area contributed by atoms with Crippen molar-refractivity contribution in [1.82, 2.24) is 0 Å². The highest BCUT2D eigenvalue weighted by Crippen LogP contribution is 2.30. The van der Waals surface area contributed by atoms with E-state index in [0.29, 0.717) is 18.9 Å². The van der Waals surface area contributed by atoms with E-state index in [4.69, 9.17) is 10.5 Å². The molecule has 94 valence electrons. The van der Waals surface area contributed by atoms with Crippen LogP contribution in [0.15, 0.2) is 0 Å². The maximum atomic E-state index is 11.6. The molecule has 3 heteroatoms. The third kappa shape index (κ3) is 4.52. The van der Waals surface area contributed by atoms with Crippen LogP contribution in [0.25, 0.3) is 0 Å². The van der Waals surface area contributed by atoms with Gasteiger partial charge in [0.2, 0.25) is 0 Å². The van der Waals surface area contributed by atoms with Crippen LogP contribution in [0.4, 0.5) is 0 Å². The van der Waals surface area contributed by atoms with Crippen molar-refractivity contribution in [2.75, 3.05) is 6.61 Å². The fourth-order valence-electron chi connectivity index (χ4n) is 2.41. The number of carbonyl (C=O) groups excluding carboxylic acids is 1. The van der Waals surface area contributed by atoms with Crippen LogP contribution in [0.3, 0.4) is 0 Å². The zero-order valence-corrected chi connectivity index (χ0v) is 10.6. The summed E-state index contributed by atoms with van der Waals surface area (Å²) in [5.74, 6) is 0.346. The van der Waals surface area contributed by atoms with Crippen molar-refractivity contribution in [1.29, 1.82) is 0 Å². The van der Waals surface area contributed by atoms with E-state index in [0.717, 1.165) is 38.5 Å². The predicted molar refractivity (Wildman–Crippen MR) is 65.0 cm³/mol. The van der Waals surface area contributed by atoms with E-state index in [1.165, 1.54) is 0 Å². The summed E-state index contributed by atoms with van der Waals surface area (Å²) in [5.41, 5.74) is 5.85. The lowest BCUT2D eigenvalue weighted by molar-refractivity contribution is -0.146. The average molecular weight is 227 g/mol. The Balaban J connectivity index is 2.20. The van der Waals surface area contributed by atoms with E-state index in [1.54, 1.807) is 0 Å². The fourth-order valence-corrected chi connectivity index (χ4v) is 2.41. The van der Waals surface area contributed by atoms with Gasteiger partial charge in [-0.1, -0.05) is 33.1 Å². The van der Waals surface area contributed by atoms with Crippen LogP contribution in [0, 0.1) is 5.92 Å². The molecule has 0 aliphatic heterocycles. The summed E-state index contributed by atoms with van der Waals surface area (Å²) >= 11 is 0. The molecule has 0 bridgehead atoms. The van der Waals surface area contributed by atoms with Gasteiger partial charge in [-0.15, -0.1) is 0 Å². The van der Waals surface area contributed by atoms with E-state index < -0.39 is 0 Å². The third-order valence-corrected chi connectivity index (χ3v) is 3.41. The minimum absolute atomic E-state index is 0.118. The van der Waals surface area contributed by atoms with Gasteiger partial charge in [-0.25, -0.2) is 0 Å². The van der Waals surface area contributed by atoms with Crippen molar-refractivity contribution in [2.24, 2.45) is 11.7 Å². The summed E-state index contributed by atoms with van der Waals surface area (Å²) in [4.78, 5) is 11.6. The maximum Gasteiger partial charge on any atom is 0.307 e. The molecule has 2 N–H and O–H groups in total. The molecule has 1 rings (SSSR count). The zero-order valence-electron chi connectivity index (χ0n) is 10.6. The van der Waals surface area contributed by atoms with Gasteiger partial charge in [0.1, 0.15) is 0 Å². The normalized spacial score (nSPS) is 20.7. The van der Waals surface area contributed by atoms with Crippen LogP contribution < -0.4 is 5.73 Å². The Morgan fingerprint density at radius 2 is 2.06 bits per heavy atom. The third-order valence-electron chi connectivity index (χ3n) is 3.41. The molecule has 0 spiro atoms. The first kappa shape index (κ1) is 13.5. The van der Waals surface area contributed by atoms with Crippen LogP contribution in [-0.2, 0) is 9.53 Å². The standard InChI is InChI=1S/C13H25NO2/c1-3-6-11(2)10-16-12(15)9-13(14)7-4-5-8-13/h11H,3-10,14H2,1-2H3. The van der Waals surface area contributed by atoms with Gasteiger partial charge in [-0.2, -0.15) is 0 Å². The molecule has 16 heavy (non-hydrogen) atoms. The molecule has 1 unspecified atom stereocenters. The lowest BCUT2D eigenvalue weighted by Gasteiger charge is -2.22. The maximum absolute atomic E-state index is 11.6. The monoisotopic (exact) mass is 227 g/mol. The predicted octanol–water partition coefficient (Wildman–Crippen LogP) is 2.63. The topological polar surface area (TPSA) is 52.3 Å². The minimum Gasteiger partial charge on any atom is -0.465 e. The number of rotatable bonds is 6. The van der Waals surface area contributed by atoms with E-state index in [9.17, 15) is 4.79 Å². The van der Waals surface area contributed by atoms with Crippen molar-refractivity contribution in [2.45, 2.75) is 64.3 Å². The summed E-state index contributed by atoms with van der Waals surface area (Å²) in [5, 5.41) is 0. The lowest BCUT2D eigenvalue weighted by Crippen LogP contribution is -2.39. The second kappa shape index (κ2) is 6.24. The Morgan fingerprint density at radius 1 is 1.44 bits per heavy atom. The molecular weight excluding hydrogens is 202 g/mol. The van der Waals surface area contributed by atoms with E-state index in [2.05, 4.69) is 13.8 Å². The molecule has 1 aliphatic carbocycles. The highest BCUT2D eigenvalue weighted by molar-refractivity contribution is 5.71. The highest BCUT2D eigenvalue weighted by atomic mass is 16.5. The molecule has 1 saturated carbocycles. The van der Waals surface area contributed by atoms with Crippen molar-refractivity contribution in [3.8, 4) is 0 Å². The highest BCUT2D eigenvalue weighted by Gasteiger charge is 2.32. The molecule has 1 atom stereocenters. The number of ether oxygens (including phenoxy) is 1. The van der Waals surface area contributed by atoms with Gasteiger partial charge in [0.15, 0.2) is 0 Å². The van der Waals surface area contributed by atoms with Crippen LogP contribution in [0.5, 0.6) is 0 Å². The van der Waals surface area contributed by atoms with E-state index >= 15 is 0 Å². The van der Waals surface area contributed by atoms with Crippen LogP contribution in [0.1, 0.15) is 58.8 Å². The number of nitrogens with two attached hydrogens (primary N) is 1. The van der Waals surface area contributed by atoms with Crippen LogP contribution in [0.2, 0.25) is 0 Å². The molecule has 0 aromatic rings. The Kier molecular flexibility index (Phi) is 5.26. The molecule has 3 nitrogen and oxygen atoms in total. The van der Waals surface area contributed by atoms with Crippen molar-refractivity contribution < 1.29 is 9.53 Å². The molecule has 0 aromatic carbocycles. The van der Waals surface area contributed by atoms with E-state index in [1.807, 2.05) is 0 Å². The minimum atomic E-state index is -0.273. The fraction of sp³-hybridized carbons (Fsp3) is 0.923. The van der Waals surface area contributed by atoms with Gasteiger partial charge in [-0.3, -0.25) is 4.79 Å². The molecule has 0 aromatic heterocycles. The summed E-state index contributed by atoms with van der Waals surface area (Å²) < 4.78 is 5.26. The van der Waals surface area contributed by atoms with Crippen molar-refractivity contribution in [3.63, 3.8) is 0 Å². The van der Waals surface area contributed by atoms with Crippen LogP contribution >= 0.6 is 0 Å². The van der Waals surface area contributed by atoms with E-state index in [-0.39, 0.29) is 11.5 Å². The Hall–Kier alpha value is -0.570. The second-order valence-corrected chi connectivity index (χ2v) is 5.32. The molecule has 0 saturated heterocycles. The van der Waals surface area contributed by atoms with Crippen molar-refractivity contribution >= 4 is 5.97 Å². The Bertz CT molecular complexity index is 222. The number of hydrogen-bond acceptors (Lipinski definition) is 3. The molecule has 0 amide bonds. The average Bonchev–Trinajstić information content (AvgIpc) is 2.62. The molecular formula is C13H25NO2. The second-order valence-electron chi connectivity index (χ2n) is 5.32. The first-order chi connectivity index (χ1) is 7.56. The summed E-state index contributed by atoms with van der Waals surface area (Å²) in [6, 6.07) is 0. The molecule has 0 radical (unpaired) electrons. The number of esters is 1. The zero-order chi connectivity index (χ0) is 12.0. The summed E-state index contributed by atoms with van der Waals surface area (Å²) in [6.07, 6.45) is 6.87. The van der Waals surface area contributed by atoms with Gasteiger partial charge in [0.25, 0.3) is 0 Å². The Labute approximate surface area is 98.7 Å². The largest absolute Gasteiger partial charge is 0.465 e. The Morgan fingerprint density at radius 3 is 2.62 bits per heavy atom.